The standard InChI is InChI=1S/C8H6.3C2H6.Sn/c1-2-8-6-4-3-5-7-8;3*1-2;/h1,3-7H;3*1-2H3;. The van der Waals surface area contributed by atoms with E-state index in [1.807, 2.05) is 71.9 Å². The predicted octanol–water partition coefficient (Wildman–Crippen LogP) is 4.37. The van der Waals surface area contributed by atoms with Crippen LogP contribution in [0.25, 0.3) is 0 Å². The van der Waals surface area contributed by atoms with Gasteiger partial charge in [0.05, 0.1) is 0 Å². The first-order valence-electron chi connectivity index (χ1n) is 5.45. The fourth-order valence-electron chi connectivity index (χ4n) is 0.534. The molecular formula is C14H24Sn. The van der Waals surface area contributed by atoms with Gasteiger partial charge in [-0.05, 0) is 12.1 Å². The summed E-state index contributed by atoms with van der Waals surface area (Å²) in [5, 5.41) is 0. The third-order valence-corrected chi connectivity index (χ3v) is 0.940. The Morgan fingerprint density at radius 3 is 1.33 bits per heavy atom. The van der Waals surface area contributed by atoms with Crippen LogP contribution in [0, 0.1) is 12.3 Å². The monoisotopic (exact) mass is 312 g/mol. The first-order valence-corrected chi connectivity index (χ1v) is 5.45. The second kappa shape index (κ2) is 29.2. The van der Waals surface area contributed by atoms with Crippen LogP contribution in [0.5, 0.6) is 0 Å². The molecule has 0 amide bonds. The maximum atomic E-state index is 5.10. The largest absolute Gasteiger partial charge is 0.115 e. The maximum Gasteiger partial charge on any atom is 0.0242 e. The van der Waals surface area contributed by atoms with Crippen LogP contribution < -0.4 is 0 Å². The smallest absolute Gasteiger partial charge is 0.0242 e. The van der Waals surface area contributed by atoms with Crippen molar-refractivity contribution in [3.8, 4) is 12.3 Å². The van der Waals surface area contributed by atoms with Crippen molar-refractivity contribution in [2.75, 3.05) is 0 Å². The Bertz CT molecular complexity index is 196. The van der Waals surface area contributed by atoms with Crippen LogP contribution in [-0.2, 0) is 0 Å². The number of hydrogen-bond acceptors (Lipinski definition) is 0. The zero-order valence-electron chi connectivity index (χ0n) is 11.0. The summed E-state index contributed by atoms with van der Waals surface area (Å²) in [6, 6.07) is 9.60. The molecule has 4 radical (unpaired) electrons. The van der Waals surface area contributed by atoms with E-state index in [-0.39, 0.29) is 23.9 Å². The van der Waals surface area contributed by atoms with Gasteiger partial charge >= 0.3 is 0 Å². The van der Waals surface area contributed by atoms with E-state index in [4.69, 9.17) is 6.42 Å². The van der Waals surface area contributed by atoms with Gasteiger partial charge < -0.3 is 0 Å². The molecule has 0 heterocycles. The minimum atomic E-state index is 0. The molecule has 1 rings (SSSR count). The minimum absolute atomic E-state index is 0. The average molecular weight is 311 g/mol. The van der Waals surface area contributed by atoms with E-state index in [2.05, 4.69) is 5.92 Å². The van der Waals surface area contributed by atoms with Gasteiger partial charge in [0.1, 0.15) is 0 Å². The number of rotatable bonds is 0. The van der Waals surface area contributed by atoms with Crippen molar-refractivity contribution in [2.45, 2.75) is 41.5 Å². The minimum Gasteiger partial charge on any atom is -0.115 e. The second-order valence-corrected chi connectivity index (χ2v) is 1.51. The first-order chi connectivity index (χ1) is 6.93. The molecule has 0 N–H and O–H groups in total. The molecule has 0 atom stereocenters. The molecule has 84 valence electrons. The Labute approximate surface area is 113 Å². The molecule has 0 bridgehead atoms. The summed E-state index contributed by atoms with van der Waals surface area (Å²) >= 11 is 0. The molecule has 0 aliphatic carbocycles. The van der Waals surface area contributed by atoms with Crippen molar-refractivity contribution in [3.63, 3.8) is 0 Å². The Morgan fingerprint density at radius 2 is 1.13 bits per heavy atom. The second-order valence-electron chi connectivity index (χ2n) is 1.51. The molecule has 1 aromatic rings. The number of benzene rings is 1. The van der Waals surface area contributed by atoms with E-state index >= 15 is 0 Å². The first kappa shape index (κ1) is 24.0. The summed E-state index contributed by atoms with van der Waals surface area (Å²) in [5.41, 5.74) is 0.938. The zero-order chi connectivity index (χ0) is 11.8. The normalized spacial score (nSPS) is 5.40. The van der Waals surface area contributed by atoms with E-state index in [1.165, 1.54) is 0 Å². The third kappa shape index (κ3) is 19.8. The summed E-state index contributed by atoms with van der Waals surface area (Å²) < 4.78 is 0. The summed E-state index contributed by atoms with van der Waals surface area (Å²) in [6.07, 6.45) is 5.10. The van der Waals surface area contributed by atoms with Crippen molar-refractivity contribution in [1.29, 1.82) is 0 Å². The molecule has 0 unspecified atom stereocenters. The van der Waals surface area contributed by atoms with Gasteiger partial charge in [-0.2, -0.15) is 0 Å². The summed E-state index contributed by atoms with van der Waals surface area (Å²) in [6.45, 7) is 12.0. The van der Waals surface area contributed by atoms with E-state index in [9.17, 15) is 0 Å². The molecule has 0 fully saturated rings. The molecule has 0 saturated carbocycles. The van der Waals surface area contributed by atoms with Crippen LogP contribution >= 0.6 is 0 Å². The molecule has 0 nitrogen and oxygen atoms in total. The van der Waals surface area contributed by atoms with Crippen molar-refractivity contribution in [2.24, 2.45) is 0 Å². The summed E-state index contributed by atoms with van der Waals surface area (Å²) in [4.78, 5) is 0. The molecule has 0 aliphatic rings. The van der Waals surface area contributed by atoms with E-state index in [1.54, 1.807) is 0 Å². The fraction of sp³-hybridized carbons (Fsp3) is 0.429. The average Bonchev–Trinajstić information content (AvgIpc) is 2.37. The van der Waals surface area contributed by atoms with Crippen LogP contribution in [0.15, 0.2) is 30.3 Å². The van der Waals surface area contributed by atoms with Crippen molar-refractivity contribution in [3.05, 3.63) is 35.9 Å². The Kier molecular flexibility index (Phi) is 46.7. The van der Waals surface area contributed by atoms with Gasteiger partial charge in [0, 0.05) is 29.5 Å². The van der Waals surface area contributed by atoms with E-state index in [0.29, 0.717) is 0 Å². The zero-order valence-corrected chi connectivity index (χ0v) is 13.8. The quantitative estimate of drug-likeness (QED) is 0.493. The Morgan fingerprint density at radius 1 is 0.800 bits per heavy atom. The predicted molar refractivity (Wildman–Crippen MR) is 74.2 cm³/mol. The summed E-state index contributed by atoms with van der Waals surface area (Å²) in [5.74, 6) is 2.53. The summed E-state index contributed by atoms with van der Waals surface area (Å²) in [7, 11) is 0. The third-order valence-electron chi connectivity index (χ3n) is 0.940. The van der Waals surface area contributed by atoms with Gasteiger partial charge in [0.2, 0.25) is 0 Å². The van der Waals surface area contributed by atoms with Gasteiger partial charge in [0.25, 0.3) is 0 Å². The van der Waals surface area contributed by atoms with Crippen molar-refractivity contribution < 1.29 is 0 Å². The van der Waals surface area contributed by atoms with Crippen LogP contribution in [-0.4, -0.2) is 23.9 Å². The van der Waals surface area contributed by atoms with Gasteiger partial charge in [-0.1, -0.05) is 65.7 Å². The molecule has 0 aromatic heterocycles. The maximum absolute atomic E-state index is 5.10. The molecule has 1 heteroatoms. The van der Waals surface area contributed by atoms with Crippen molar-refractivity contribution in [1.82, 2.24) is 0 Å². The van der Waals surface area contributed by atoms with Crippen LogP contribution in [0.3, 0.4) is 0 Å². The Balaban J connectivity index is -0.0000000755. The van der Waals surface area contributed by atoms with Gasteiger partial charge in [-0.15, -0.1) is 6.42 Å². The van der Waals surface area contributed by atoms with E-state index in [0.717, 1.165) is 5.56 Å². The number of hydrogen-bond donors (Lipinski definition) is 0. The van der Waals surface area contributed by atoms with Gasteiger partial charge in [-0.25, -0.2) is 0 Å². The molecule has 0 aliphatic heterocycles. The molecule has 0 spiro atoms. The molecule has 0 saturated heterocycles. The fourth-order valence-corrected chi connectivity index (χ4v) is 0.534. The van der Waals surface area contributed by atoms with Crippen LogP contribution in [0.4, 0.5) is 0 Å². The molecule has 15 heavy (non-hydrogen) atoms. The molecule has 1 aromatic carbocycles. The van der Waals surface area contributed by atoms with Gasteiger partial charge in [-0.3, -0.25) is 0 Å². The Hall–Kier alpha value is -0.421. The number of terminal acetylenes is 1. The SMILES string of the molecule is C#Cc1ccccc1.CC.CC.CC.[Sn]. The van der Waals surface area contributed by atoms with Crippen molar-refractivity contribution >= 4 is 23.9 Å². The van der Waals surface area contributed by atoms with Crippen LogP contribution in [0.2, 0.25) is 0 Å². The molecular weight excluding hydrogens is 287 g/mol. The van der Waals surface area contributed by atoms with E-state index < -0.39 is 0 Å². The van der Waals surface area contributed by atoms with Crippen LogP contribution in [0.1, 0.15) is 47.1 Å². The topological polar surface area (TPSA) is 0 Å². The van der Waals surface area contributed by atoms with Gasteiger partial charge in [0.15, 0.2) is 0 Å².